The van der Waals surface area contributed by atoms with E-state index in [0.717, 1.165) is 12.1 Å². The zero-order valence-corrected chi connectivity index (χ0v) is 14.3. The van der Waals surface area contributed by atoms with Gasteiger partial charge in [0.15, 0.2) is 6.10 Å². The van der Waals surface area contributed by atoms with Gasteiger partial charge < -0.3 is 14.6 Å². The quantitative estimate of drug-likeness (QED) is 0.444. The Labute approximate surface area is 159 Å². The van der Waals surface area contributed by atoms with Gasteiger partial charge in [0.25, 0.3) is 0 Å². The van der Waals surface area contributed by atoms with Crippen LogP contribution in [0.15, 0.2) is 48.5 Å². The maximum Gasteiger partial charge on any atom is 0.502 e. The fraction of sp³-hybridized carbons (Fsp3) is 0.176. The Bertz CT molecular complexity index is 884. The predicted molar refractivity (Wildman–Crippen MR) is 84.5 cm³/mol. The number of benzene rings is 2. The molecule has 150 valence electrons. The summed E-state index contributed by atoms with van der Waals surface area (Å²) in [5, 5.41) is 9.69. The number of esters is 2. The van der Waals surface area contributed by atoms with Crippen molar-refractivity contribution in [1.82, 2.24) is 0 Å². The van der Waals surface area contributed by atoms with E-state index in [-0.39, 0.29) is 16.7 Å². The van der Waals surface area contributed by atoms with E-state index in [1.807, 2.05) is 0 Å². The number of alkyl halides is 5. The highest BCUT2D eigenvalue weighted by Gasteiger charge is 2.47. The largest absolute Gasteiger partial charge is 0.502 e. The van der Waals surface area contributed by atoms with Gasteiger partial charge in [0.05, 0.1) is 5.56 Å². The van der Waals surface area contributed by atoms with Gasteiger partial charge in [-0.2, -0.15) is 22.0 Å². The predicted octanol–water partition coefficient (Wildman–Crippen LogP) is 4.13. The Balaban J connectivity index is 2.10. The maximum absolute atomic E-state index is 13.8. The van der Waals surface area contributed by atoms with E-state index in [9.17, 15) is 36.6 Å². The third-order valence-corrected chi connectivity index (χ3v) is 3.61. The molecule has 2 rings (SSSR count). The molecule has 0 amide bonds. The Kier molecular flexibility index (Phi) is 6.25. The number of hydrogen-bond donors (Lipinski definition) is 1. The van der Waals surface area contributed by atoms with Crippen LogP contribution in [0.5, 0.6) is 5.75 Å². The minimum Gasteiger partial charge on any atom is -0.424 e. The first-order valence-corrected chi connectivity index (χ1v) is 7.72. The van der Waals surface area contributed by atoms with E-state index < -0.39 is 41.6 Å². The average Bonchev–Trinajstić information content (AvgIpc) is 2.60. The number of carbonyl (C=O) groups excluding carboxylic acids is 2. The summed E-state index contributed by atoms with van der Waals surface area (Å²) >= 11 is 5.73. The molecule has 0 fully saturated rings. The molecule has 11 heteroatoms. The molecule has 0 saturated carbocycles. The molecule has 0 heterocycles. The van der Waals surface area contributed by atoms with E-state index in [2.05, 4.69) is 9.47 Å². The zero-order chi connectivity index (χ0) is 21.1. The van der Waals surface area contributed by atoms with E-state index in [0.29, 0.717) is 6.07 Å². The SMILES string of the molecule is O=C(OC(=O)C(F)(F)Oc1cccc(C(F)(F)F)c1)C(O)c1ccccc1Cl. The molecule has 5 nitrogen and oxygen atoms in total. The molecule has 28 heavy (non-hydrogen) atoms. The normalized spacial score (nSPS) is 13.0. The van der Waals surface area contributed by atoms with E-state index in [4.69, 9.17) is 11.6 Å². The van der Waals surface area contributed by atoms with Crippen LogP contribution in [-0.2, 0) is 20.5 Å². The van der Waals surface area contributed by atoms with Gasteiger partial charge >= 0.3 is 24.2 Å². The third-order valence-electron chi connectivity index (χ3n) is 3.26. The van der Waals surface area contributed by atoms with Crippen molar-refractivity contribution < 1.29 is 46.1 Å². The van der Waals surface area contributed by atoms with Crippen molar-refractivity contribution in [2.24, 2.45) is 0 Å². The molecule has 1 unspecified atom stereocenters. The Morgan fingerprint density at radius 2 is 1.64 bits per heavy atom. The molecule has 0 bridgehead atoms. The lowest BCUT2D eigenvalue weighted by atomic mass is 10.1. The summed E-state index contributed by atoms with van der Waals surface area (Å²) in [6, 6.07) is 7.70. The highest BCUT2D eigenvalue weighted by molar-refractivity contribution is 6.31. The molecule has 2 aromatic rings. The van der Waals surface area contributed by atoms with Crippen LogP contribution in [0.2, 0.25) is 5.02 Å². The number of halogens is 6. The summed E-state index contributed by atoms with van der Waals surface area (Å²) in [6.07, 6.45) is -11.8. The summed E-state index contributed by atoms with van der Waals surface area (Å²) in [5.41, 5.74) is -1.50. The van der Waals surface area contributed by atoms with E-state index >= 15 is 0 Å². The van der Waals surface area contributed by atoms with Gasteiger partial charge in [0, 0.05) is 10.6 Å². The lowest BCUT2D eigenvalue weighted by Crippen LogP contribution is -2.39. The van der Waals surface area contributed by atoms with Crippen LogP contribution in [0.4, 0.5) is 22.0 Å². The molecular formula is C17H10ClF5O5. The zero-order valence-electron chi connectivity index (χ0n) is 13.5. The number of aliphatic hydroxyl groups excluding tert-OH is 1. The molecule has 2 aromatic carbocycles. The second kappa shape index (κ2) is 8.11. The molecule has 0 aromatic heterocycles. The van der Waals surface area contributed by atoms with Crippen LogP contribution < -0.4 is 4.74 Å². The first-order chi connectivity index (χ1) is 12.9. The molecule has 0 aliphatic rings. The average molecular weight is 425 g/mol. The van der Waals surface area contributed by atoms with E-state index in [1.165, 1.54) is 24.3 Å². The van der Waals surface area contributed by atoms with E-state index in [1.54, 1.807) is 0 Å². The summed E-state index contributed by atoms with van der Waals surface area (Å²) in [4.78, 5) is 23.2. The van der Waals surface area contributed by atoms with Gasteiger partial charge in [-0.05, 0) is 24.3 Å². The van der Waals surface area contributed by atoms with Crippen LogP contribution in [0, 0.1) is 0 Å². The summed E-state index contributed by atoms with van der Waals surface area (Å²) < 4.78 is 73.2. The number of ether oxygens (including phenoxy) is 2. The third kappa shape index (κ3) is 5.17. The molecule has 0 saturated heterocycles. The van der Waals surface area contributed by atoms with Crippen molar-refractivity contribution in [2.45, 2.75) is 18.4 Å². The number of hydrogen-bond acceptors (Lipinski definition) is 5. The van der Waals surface area contributed by atoms with Crippen LogP contribution in [-0.4, -0.2) is 23.2 Å². The standard InChI is InChI=1S/C17H10ClF5O5/c18-12-7-2-1-6-11(12)13(24)14(25)27-15(26)17(22,23)28-10-5-3-4-9(8-10)16(19,20)21/h1-8,13,24H. The Morgan fingerprint density at radius 1 is 1.00 bits per heavy atom. The van der Waals surface area contributed by atoms with Crippen molar-refractivity contribution in [3.63, 3.8) is 0 Å². The summed E-state index contributed by atoms with van der Waals surface area (Å²) in [6.45, 7) is 0. The lowest BCUT2D eigenvalue weighted by molar-refractivity contribution is -0.219. The summed E-state index contributed by atoms with van der Waals surface area (Å²) in [5.74, 6) is -5.29. The van der Waals surface area contributed by atoms with Gasteiger partial charge in [0.1, 0.15) is 5.75 Å². The second-order valence-electron chi connectivity index (χ2n) is 5.28. The van der Waals surface area contributed by atoms with Crippen LogP contribution >= 0.6 is 11.6 Å². The minimum atomic E-state index is -4.83. The Hall–Kier alpha value is -2.72. The Morgan fingerprint density at radius 3 is 2.25 bits per heavy atom. The van der Waals surface area contributed by atoms with Crippen molar-refractivity contribution in [1.29, 1.82) is 0 Å². The highest BCUT2D eigenvalue weighted by atomic mass is 35.5. The molecule has 0 spiro atoms. The molecular weight excluding hydrogens is 415 g/mol. The molecule has 1 atom stereocenters. The van der Waals surface area contributed by atoms with Crippen molar-refractivity contribution in [3.8, 4) is 5.75 Å². The first kappa shape index (κ1) is 21.6. The van der Waals surface area contributed by atoms with Gasteiger partial charge in [-0.3, -0.25) is 0 Å². The fourth-order valence-corrected chi connectivity index (χ4v) is 2.20. The number of carbonyl (C=O) groups is 2. The number of rotatable bonds is 5. The van der Waals surface area contributed by atoms with Crippen molar-refractivity contribution in [2.75, 3.05) is 0 Å². The number of aliphatic hydroxyl groups is 1. The van der Waals surface area contributed by atoms with Crippen LogP contribution in [0.3, 0.4) is 0 Å². The second-order valence-corrected chi connectivity index (χ2v) is 5.68. The molecule has 0 aliphatic heterocycles. The molecule has 0 aliphatic carbocycles. The smallest absolute Gasteiger partial charge is 0.424 e. The highest BCUT2D eigenvalue weighted by Crippen LogP contribution is 2.33. The lowest BCUT2D eigenvalue weighted by Gasteiger charge is -2.18. The van der Waals surface area contributed by atoms with Crippen molar-refractivity contribution in [3.05, 3.63) is 64.7 Å². The maximum atomic E-state index is 13.8. The fourth-order valence-electron chi connectivity index (χ4n) is 1.96. The molecule has 1 N–H and O–H groups in total. The first-order valence-electron chi connectivity index (χ1n) is 7.34. The van der Waals surface area contributed by atoms with Crippen LogP contribution in [0.25, 0.3) is 0 Å². The monoisotopic (exact) mass is 424 g/mol. The van der Waals surface area contributed by atoms with Gasteiger partial charge in [-0.15, -0.1) is 0 Å². The van der Waals surface area contributed by atoms with Gasteiger partial charge in [-0.1, -0.05) is 35.9 Å². The summed E-state index contributed by atoms with van der Waals surface area (Å²) in [7, 11) is 0. The van der Waals surface area contributed by atoms with Crippen molar-refractivity contribution >= 4 is 23.5 Å². The van der Waals surface area contributed by atoms with Gasteiger partial charge in [-0.25, -0.2) is 9.59 Å². The van der Waals surface area contributed by atoms with Crippen LogP contribution in [0.1, 0.15) is 17.2 Å². The van der Waals surface area contributed by atoms with Gasteiger partial charge in [0.2, 0.25) is 0 Å². The minimum absolute atomic E-state index is 0.0913. The molecule has 0 radical (unpaired) electrons. The topological polar surface area (TPSA) is 72.8 Å².